The lowest BCUT2D eigenvalue weighted by atomic mass is 10.3. The number of nitrogens with zero attached hydrogens (tertiary/aromatic N) is 1. The summed E-state index contributed by atoms with van der Waals surface area (Å²) in [5.41, 5.74) is 5.41. The van der Waals surface area contributed by atoms with Crippen LogP contribution in [0.3, 0.4) is 0 Å². The topological polar surface area (TPSA) is 59.6 Å². The minimum atomic E-state index is -4.81. The summed E-state index contributed by atoms with van der Waals surface area (Å²) in [4.78, 5) is 3.29. The lowest BCUT2D eigenvalue weighted by Crippen LogP contribution is -2.23. The molecule has 0 aliphatic carbocycles. The van der Waals surface area contributed by atoms with Crippen LogP contribution in [-0.2, 0) is 0 Å². The van der Waals surface area contributed by atoms with E-state index in [-0.39, 0.29) is 11.6 Å². The Balaban J connectivity index is 2.69. The van der Waals surface area contributed by atoms with Gasteiger partial charge in [0.25, 0.3) is 6.43 Å². The lowest BCUT2D eigenvalue weighted by molar-refractivity contribution is -0.274. The van der Waals surface area contributed by atoms with E-state index >= 15 is 0 Å². The minimum absolute atomic E-state index is 0.136. The average Bonchev–Trinajstić information content (AvgIpc) is 2.24. The Morgan fingerprint density at radius 1 is 1.37 bits per heavy atom. The Hall–Kier alpha value is -2.06. The van der Waals surface area contributed by atoms with Gasteiger partial charge in [-0.15, -0.1) is 13.2 Å². The number of nitrogens with two attached hydrogens (primary N) is 1. The molecule has 0 saturated heterocycles. The molecule has 9 heteroatoms. The molecule has 3 N–H and O–H groups in total. The summed E-state index contributed by atoms with van der Waals surface area (Å²) in [5.74, 6) is -0.788. The van der Waals surface area contributed by atoms with Gasteiger partial charge in [-0.25, -0.2) is 13.8 Å². The van der Waals surface area contributed by atoms with Crippen molar-refractivity contribution in [2.75, 3.05) is 11.9 Å². The number of guanidine groups is 1. The van der Waals surface area contributed by atoms with Gasteiger partial charge in [0.2, 0.25) is 0 Å². The summed E-state index contributed by atoms with van der Waals surface area (Å²) >= 11 is 0. The molecule has 1 rings (SSSR count). The van der Waals surface area contributed by atoms with E-state index < -0.39 is 25.1 Å². The van der Waals surface area contributed by atoms with E-state index in [1.807, 2.05) is 0 Å². The second-order valence-electron chi connectivity index (χ2n) is 3.32. The Kier molecular flexibility index (Phi) is 4.90. The number of hydrogen-bond acceptors (Lipinski definition) is 2. The fourth-order valence-corrected chi connectivity index (χ4v) is 1.13. The molecular weight excluding hydrogens is 273 g/mol. The predicted octanol–water partition coefficient (Wildman–Crippen LogP) is 2.58. The number of ether oxygens (including phenoxy) is 1. The molecule has 0 radical (unpaired) electrons. The van der Waals surface area contributed by atoms with Gasteiger partial charge in [0.1, 0.15) is 12.3 Å². The molecular formula is C10H10F5N3O. The Morgan fingerprint density at radius 2 is 2.05 bits per heavy atom. The zero-order valence-corrected chi connectivity index (χ0v) is 9.42. The molecule has 0 heterocycles. The number of alkyl halides is 5. The van der Waals surface area contributed by atoms with E-state index in [2.05, 4.69) is 15.0 Å². The normalized spacial score (nSPS) is 12.6. The Labute approximate surface area is 105 Å². The SMILES string of the molecule is NC(=NCC(F)F)Nc1cccc(OC(F)(F)F)c1. The first kappa shape index (κ1) is 15.0. The molecule has 1 aromatic rings. The van der Waals surface area contributed by atoms with Crippen LogP contribution in [-0.4, -0.2) is 25.3 Å². The van der Waals surface area contributed by atoms with E-state index in [4.69, 9.17) is 5.73 Å². The molecule has 0 bridgehead atoms. The van der Waals surface area contributed by atoms with Crippen LogP contribution < -0.4 is 15.8 Å². The highest BCUT2D eigenvalue weighted by Crippen LogP contribution is 2.24. The highest BCUT2D eigenvalue weighted by Gasteiger charge is 2.31. The van der Waals surface area contributed by atoms with Gasteiger partial charge in [-0.1, -0.05) is 6.07 Å². The number of halogens is 5. The summed E-state index contributed by atoms with van der Waals surface area (Å²) in [6, 6.07) is 4.77. The molecule has 0 aromatic heterocycles. The van der Waals surface area contributed by atoms with Crippen molar-refractivity contribution in [1.82, 2.24) is 0 Å². The summed E-state index contributed by atoms with van der Waals surface area (Å²) < 4.78 is 63.3. The smallest absolute Gasteiger partial charge is 0.406 e. The van der Waals surface area contributed by atoms with Crippen molar-refractivity contribution in [2.24, 2.45) is 10.7 Å². The second kappa shape index (κ2) is 6.21. The third-order valence-corrected chi connectivity index (χ3v) is 1.74. The van der Waals surface area contributed by atoms with Gasteiger partial charge < -0.3 is 15.8 Å². The summed E-state index contributed by atoms with van der Waals surface area (Å²) in [5, 5.41) is 2.37. The summed E-state index contributed by atoms with van der Waals surface area (Å²) in [7, 11) is 0. The average molecular weight is 283 g/mol. The Morgan fingerprint density at radius 3 is 2.63 bits per heavy atom. The number of benzene rings is 1. The molecule has 1 aromatic carbocycles. The van der Waals surface area contributed by atoms with Crippen LogP contribution in [0.25, 0.3) is 0 Å². The summed E-state index contributed by atoms with van der Waals surface area (Å²) in [6.07, 6.45) is -7.46. The first-order valence-corrected chi connectivity index (χ1v) is 4.97. The van der Waals surface area contributed by atoms with Crippen molar-refractivity contribution < 1.29 is 26.7 Å². The standard InChI is InChI=1S/C10H10F5N3O/c11-8(12)5-17-9(16)18-6-2-1-3-7(4-6)19-10(13,14)15/h1-4,8H,5H2,(H3,16,17,18). The molecule has 0 amide bonds. The van der Waals surface area contributed by atoms with Gasteiger partial charge in [-0.3, -0.25) is 0 Å². The zero-order chi connectivity index (χ0) is 14.5. The maximum absolute atomic E-state index is 12.0. The third-order valence-electron chi connectivity index (χ3n) is 1.74. The molecule has 0 saturated carbocycles. The van der Waals surface area contributed by atoms with E-state index in [0.29, 0.717) is 0 Å². The van der Waals surface area contributed by atoms with Crippen LogP contribution >= 0.6 is 0 Å². The van der Waals surface area contributed by atoms with E-state index in [1.165, 1.54) is 12.1 Å². The predicted molar refractivity (Wildman–Crippen MR) is 59.2 cm³/mol. The number of rotatable bonds is 4. The van der Waals surface area contributed by atoms with E-state index in [9.17, 15) is 22.0 Å². The molecule has 106 valence electrons. The maximum Gasteiger partial charge on any atom is 0.573 e. The first-order chi connectivity index (χ1) is 8.76. The molecule has 0 fully saturated rings. The number of nitrogens with one attached hydrogen (secondary N) is 1. The van der Waals surface area contributed by atoms with Gasteiger partial charge in [0.05, 0.1) is 0 Å². The van der Waals surface area contributed by atoms with Crippen molar-refractivity contribution in [3.63, 3.8) is 0 Å². The van der Waals surface area contributed by atoms with Crippen LogP contribution in [0, 0.1) is 0 Å². The van der Waals surface area contributed by atoms with Gasteiger partial charge in [-0.2, -0.15) is 0 Å². The zero-order valence-electron chi connectivity index (χ0n) is 9.42. The van der Waals surface area contributed by atoms with Crippen LogP contribution in [0.2, 0.25) is 0 Å². The fourth-order valence-electron chi connectivity index (χ4n) is 1.13. The van der Waals surface area contributed by atoms with Gasteiger partial charge >= 0.3 is 6.36 Å². The fraction of sp³-hybridized carbons (Fsp3) is 0.300. The van der Waals surface area contributed by atoms with Crippen molar-refractivity contribution in [1.29, 1.82) is 0 Å². The van der Waals surface area contributed by atoms with Crippen LogP contribution in [0.15, 0.2) is 29.3 Å². The highest BCUT2D eigenvalue weighted by molar-refractivity contribution is 5.92. The van der Waals surface area contributed by atoms with Crippen molar-refractivity contribution in [3.05, 3.63) is 24.3 Å². The number of aliphatic imine (C=N–C) groups is 1. The van der Waals surface area contributed by atoms with Crippen molar-refractivity contribution in [2.45, 2.75) is 12.8 Å². The molecule has 0 spiro atoms. The monoisotopic (exact) mass is 283 g/mol. The quantitative estimate of drug-likeness (QED) is 0.507. The van der Waals surface area contributed by atoms with E-state index in [1.54, 1.807) is 0 Å². The third kappa shape index (κ3) is 6.43. The molecule has 0 aliphatic rings. The van der Waals surface area contributed by atoms with Gasteiger partial charge in [0.15, 0.2) is 5.96 Å². The van der Waals surface area contributed by atoms with Crippen LogP contribution in [0.4, 0.5) is 27.6 Å². The largest absolute Gasteiger partial charge is 0.573 e. The maximum atomic E-state index is 12.0. The highest BCUT2D eigenvalue weighted by atomic mass is 19.4. The van der Waals surface area contributed by atoms with Gasteiger partial charge in [-0.05, 0) is 12.1 Å². The van der Waals surface area contributed by atoms with Crippen LogP contribution in [0.5, 0.6) is 5.75 Å². The van der Waals surface area contributed by atoms with Gasteiger partial charge in [0, 0.05) is 11.8 Å². The Bertz CT molecular complexity index is 447. The minimum Gasteiger partial charge on any atom is -0.406 e. The molecule has 4 nitrogen and oxygen atoms in total. The lowest BCUT2D eigenvalue weighted by Gasteiger charge is -2.10. The number of hydrogen-bond donors (Lipinski definition) is 2. The van der Waals surface area contributed by atoms with Crippen LogP contribution in [0.1, 0.15) is 0 Å². The summed E-state index contributed by atoms with van der Waals surface area (Å²) in [6.45, 7) is -0.794. The van der Waals surface area contributed by atoms with Crippen molar-refractivity contribution >= 4 is 11.6 Å². The molecule has 19 heavy (non-hydrogen) atoms. The molecule has 0 atom stereocenters. The second-order valence-corrected chi connectivity index (χ2v) is 3.32. The molecule has 0 aliphatic heterocycles. The molecule has 0 unspecified atom stereocenters. The van der Waals surface area contributed by atoms with E-state index in [0.717, 1.165) is 12.1 Å². The van der Waals surface area contributed by atoms with Crippen molar-refractivity contribution in [3.8, 4) is 5.75 Å². The number of anilines is 1. The first-order valence-electron chi connectivity index (χ1n) is 4.97.